The lowest BCUT2D eigenvalue weighted by Gasteiger charge is -2.32. The van der Waals surface area contributed by atoms with E-state index in [1.807, 2.05) is 47.0 Å². The maximum absolute atomic E-state index is 12.0. The maximum Gasteiger partial charge on any atom is 0.328 e. The summed E-state index contributed by atoms with van der Waals surface area (Å²) >= 11 is 0. The summed E-state index contributed by atoms with van der Waals surface area (Å²) in [6.45, 7) is 0. The molecule has 1 aliphatic heterocycles. The van der Waals surface area contributed by atoms with Crippen molar-refractivity contribution >= 4 is 23.8 Å². The summed E-state index contributed by atoms with van der Waals surface area (Å²) in [5, 5.41) is 12.8. The highest BCUT2D eigenvalue weighted by Gasteiger charge is 2.53. The number of urea groups is 1. The van der Waals surface area contributed by atoms with Gasteiger partial charge in [0.05, 0.1) is 6.42 Å². The normalized spacial score (nSPS) is 15.3. The molecule has 0 aliphatic carbocycles. The molecule has 2 aromatic carbocycles. The smallest absolute Gasteiger partial charge is 0.328 e. The largest absolute Gasteiger partial charge is 0.481 e. The molecular weight excluding hydrogens is 324 g/mol. The van der Waals surface area contributed by atoms with Gasteiger partial charge in [-0.25, -0.2) is 4.79 Å². The Balaban J connectivity index is 0.000000316. The molecule has 7 nitrogen and oxygen atoms in total. The summed E-state index contributed by atoms with van der Waals surface area (Å²) < 4.78 is 0. The molecule has 0 bridgehead atoms. The van der Waals surface area contributed by atoms with Crippen molar-refractivity contribution in [3.05, 3.63) is 72.3 Å². The highest BCUT2D eigenvalue weighted by Crippen LogP contribution is 2.30. The summed E-state index contributed by atoms with van der Waals surface area (Å²) in [5.41, 5.74) is -1.71. The van der Waals surface area contributed by atoms with Crippen molar-refractivity contribution in [2.45, 2.75) is 11.8 Å². The molecule has 7 heteroatoms. The van der Waals surface area contributed by atoms with E-state index in [1.54, 1.807) is 18.2 Å². The number of imide groups is 2. The Labute approximate surface area is 143 Å². The first-order valence-corrected chi connectivity index (χ1v) is 7.41. The molecule has 128 valence electrons. The third kappa shape index (κ3) is 4.08. The Hall–Kier alpha value is -3.48. The third-order valence-electron chi connectivity index (χ3n) is 3.58. The second kappa shape index (κ2) is 7.87. The number of barbiturate groups is 1. The Morgan fingerprint density at radius 1 is 0.800 bits per heavy atom. The van der Waals surface area contributed by atoms with Crippen molar-refractivity contribution in [1.82, 2.24) is 10.6 Å². The number of carboxylic acid groups (broad SMARTS) is 1. The second-order valence-electron chi connectivity index (χ2n) is 5.23. The molecule has 0 atom stereocenters. The molecule has 4 amide bonds. The number of rotatable bonds is 3. The van der Waals surface area contributed by atoms with Gasteiger partial charge in [0.15, 0.2) is 5.41 Å². The molecule has 1 heterocycles. The topological polar surface area (TPSA) is 113 Å². The van der Waals surface area contributed by atoms with Gasteiger partial charge in [-0.05, 0) is 5.56 Å². The Bertz CT molecular complexity index is 728. The average Bonchev–Trinajstić information content (AvgIpc) is 2.61. The fraction of sp³-hybridized carbons (Fsp3) is 0.111. The van der Waals surface area contributed by atoms with E-state index in [1.165, 1.54) is 12.1 Å². The molecule has 0 spiro atoms. The molecule has 1 saturated heterocycles. The van der Waals surface area contributed by atoms with E-state index in [0.717, 1.165) is 0 Å². The van der Waals surface area contributed by atoms with E-state index in [-0.39, 0.29) is 5.56 Å². The van der Waals surface area contributed by atoms with Gasteiger partial charge in [0.25, 0.3) is 0 Å². The highest BCUT2D eigenvalue weighted by molar-refractivity contribution is 6.24. The molecule has 3 N–H and O–H groups in total. The number of benzene rings is 2. The van der Waals surface area contributed by atoms with Crippen molar-refractivity contribution < 1.29 is 24.3 Å². The van der Waals surface area contributed by atoms with Crippen LogP contribution in [0.15, 0.2) is 66.7 Å². The monoisotopic (exact) mass is 340 g/mol. The van der Waals surface area contributed by atoms with Crippen molar-refractivity contribution in [3.8, 4) is 0 Å². The quantitative estimate of drug-likeness (QED) is 0.732. The van der Waals surface area contributed by atoms with Gasteiger partial charge >= 0.3 is 12.0 Å². The van der Waals surface area contributed by atoms with Gasteiger partial charge in [0.1, 0.15) is 0 Å². The van der Waals surface area contributed by atoms with Crippen LogP contribution in [0.4, 0.5) is 4.79 Å². The van der Waals surface area contributed by atoms with E-state index >= 15 is 0 Å². The fourth-order valence-corrected chi connectivity index (χ4v) is 2.41. The average molecular weight is 340 g/mol. The number of carbonyl (C=O) groups excluding carboxylic acids is 3. The zero-order chi connectivity index (χ0) is 18.3. The predicted octanol–water partition coefficient (Wildman–Crippen LogP) is 1.45. The maximum atomic E-state index is 12.0. The van der Waals surface area contributed by atoms with Crippen molar-refractivity contribution in [1.29, 1.82) is 0 Å². The van der Waals surface area contributed by atoms with Crippen LogP contribution in [0.25, 0.3) is 0 Å². The van der Waals surface area contributed by atoms with Crippen LogP contribution in [0.1, 0.15) is 12.0 Å². The summed E-state index contributed by atoms with van der Waals surface area (Å²) in [7, 11) is 0. The summed E-state index contributed by atoms with van der Waals surface area (Å²) in [6.07, 6.45) is -0.734. The lowest BCUT2D eigenvalue weighted by molar-refractivity contribution is -0.148. The minimum atomic E-state index is -1.93. The van der Waals surface area contributed by atoms with Crippen molar-refractivity contribution in [2.24, 2.45) is 0 Å². The van der Waals surface area contributed by atoms with Gasteiger partial charge < -0.3 is 5.11 Å². The van der Waals surface area contributed by atoms with Crippen LogP contribution in [0, 0.1) is 0 Å². The number of hydrogen-bond acceptors (Lipinski definition) is 4. The van der Waals surface area contributed by atoms with Crippen LogP contribution in [0.3, 0.4) is 0 Å². The summed E-state index contributed by atoms with van der Waals surface area (Å²) in [4.78, 5) is 46.1. The van der Waals surface area contributed by atoms with Crippen LogP contribution >= 0.6 is 0 Å². The number of nitrogens with one attached hydrogen (secondary N) is 2. The molecule has 0 aromatic heterocycles. The molecule has 0 radical (unpaired) electrons. The summed E-state index contributed by atoms with van der Waals surface area (Å²) in [5.74, 6) is -3.19. The molecule has 2 aromatic rings. The van der Waals surface area contributed by atoms with Crippen LogP contribution in [-0.4, -0.2) is 28.9 Å². The predicted molar refractivity (Wildman–Crippen MR) is 88.5 cm³/mol. The van der Waals surface area contributed by atoms with Crippen LogP contribution in [0.5, 0.6) is 0 Å². The zero-order valence-electron chi connectivity index (χ0n) is 13.1. The lowest BCUT2D eigenvalue weighted by Crippen LogP contribution is -2.65. The van der Waals surface area contributed by atoms with Gasteiger partial charge in [0.2, 0.25) is 11.8 Å². The van der Waals surface area contributed by atoms with Crippen molar-refractivity contribution in [2.75, 3.05) is 0 Å². The van der Waals surface area contributed by atoms with Crippen LogP contribution < -0.4 is 10.6 Å². The first kappa shape index (κ1) is 17.9. The van der Waals surface area contributed by atoms with Gasteiger partial charge in [-0.2, -0.15) is 0 Å². The molecule has 3 rings (SSSR count). The second-order valence-corrected chi connectivity index (χ2v) is 5.23. The standard InChI is InChI=1S/C12H10N2O5.C6H6/c15-8(16)6-12(7-4-2-1-3-5-7)9(17)13-11(19)14-10(12)18;1-2-4-6-5-3-1/h1-5H,6H2,(H,15,16)(H2,13,14,17,18,19);1-6H. The Morgan fingerprint density at radius 3 is 1.60 bits per heavy atom. The van der Waals surface area contributed by atoms with E-state index in [2.05, 4.69) is 0 Å². The van der Waals surface area contributed by atoms with Gasteiger partial charge in [-0.1, -0.05) is 66.7 Å². The number of amides is 4. The SMILES string of the molecule is O=C(O)CC1(c2ccccc2)C(=O)NC(=O)NC1=O.c1ccccc1. The van der Waals surface area contributed by atoms with Gasteiger partial charge in [-0.3, -0.25) is 25.0 Å². The zero-order valence-corrected chi connectivity index (χ0v) is 13.1. The van der Waals surface area contributed by atoms with Crippen molar-refractivity contribution in [3.63, 3.8) is 0 Å². The number of aliphatic carboxylic acids is 1. The lowest BCUT2D eigenvalue weighted by atomic mass is 9.75. The van der Waals surface area contributed by atoms with Gasteiger partial charge in [-0.15, -0.1) is 0 Å². The minimum absolute atomic E-state index is 0.222. The Morgan fingerprint density at radius 2 is 1.20 bits per heavy atom. The first-order chi connectivity index (χ1) is 12.0. The van der Waals surface area contributed by atoms with Crippen LogP contribution in [-0.2, 0) is 19.8 Å². The molecule has 0 saturated carbocycles. The van der Waals surface area contributed by atoms with E-state index < -0.39 is 35.7 Å². The number of carboxylic acids is 1. The van der Waals surface area contributed by atoms with E-state index in [4.69, 9.17) is 5.11 Å². The highest BCUT2D eigenvalue weighted by atomic mass is 16.4. The third-order valence-corrected chi connectivity index (χ3v) is 3.58. The van der Waals surface area contributed by atoms with Crippen LogP contribution in [0.2, 0.25) is 0 Å². The molecular formula is C18H16N2O5. The fourth-order valence-electron chi connectivity index (χ4n) is 2.41. The summed E-state index contributed by atoms with van der Waals surface area (Å²) in [6, 6.07) is 18.8. The van der Waals surface area contributed by atoms with E-state index in [0.29, 0.717) is 0 Å². The molecule has 1 aliphatic rings. The molecule has 25 heavy (non-hydrogen) atoms. The minimum Gasteiger partial charge on any atom is -0.481 e. The van der Waals surface area contributed by atoms with E-state index in [9.17, 15) is 19.2 Å². The van der Waals surface area contributed by atoms with Gasteiger partial charge in [0, 0.05) is 0 Å². The molecule has 0 unspecified atom stereocenters. The first-order valence-electron chi connectivity index (χ1n) is 7.41. The number of hydrogen-bond donors (Lipinski definition) is 3. The molecule has 1 fully saturated rings. The Kier molecular flexibility index (Phi) is 5.62. The number of carbonyl (C=O) groups is 4.